The molecule has 2 bridgehead atoms. The van der Waals surface area contributed by atoms with Gasteiger partial charge >= 0.3 is 0 Å². The zero-order chi connectivity index (χ0) is 26.5. The number of piperidine rings is 1. The van der Waals surface area contributed by atoms with E-state index in [1.807, 2.05) is 35.6 Å². The van der Waals surface area contributed by atoms with Crippen LogP contribution in [0.4, 0.5) is 0 Å². The summed E-state index contributed by atoms with van der Waals surface area (Å²) in [6.07, 6.45) is 7.96. The molecule has 37 heavy (non-hydrogen) atoms. The molecule has 1 aromatic heterocycles. The molecule has 1 saturated carbocycles. The number of ketones is 2. The van der Waals surface area contributed by atoms with E-state index < -0.39 is 6.04 Å². The number of carbonyl (C=O) groups excluding carboxylic acids is 4. The standard InChI is InChI=1S/C30H39N3O4/c1-5-25(35)24-13-30-14-26(30)33(24)28(37)16-32-15-23(20(4)34)22-11-19(3)10-21(29(22)32)9-7-6-8-18(2)12-27(36)31-17-30/h10-11,15,18,24,26H,5-9,12-14,16-17H2,1-4H3,(H,31,36)/t18-,24+,26-,30+/m1/s1. The van der Waals surface area contributed by atoms with E-state index in [1.54, 1.807) is 6.92 Å². The molecule has 0 unspecified atom stereocenters. The van der Waals surface area contributed by atoms with Crippen molar-refractivity contribution in [3.05, 3.63) is 35.0 Å². The molecule has 4 atom stereocenters. The second-order valence-corrected chi connectivity index (χ2v) is 11.8. The maximum atomic E-state index is 13.9. The highest BCUT2D eigenvalue weighted by Gasteiger charge is 2.66. The lowest BCUT2D eigenvalue weighted by molar-refractivity contribution is -0.139. The van der Waals surface area contributed by atoms with Crippen molar-refractivity contribution in [3.8, 4) is 0 Å². The number of amides is 2. The van der Waals surface area contributed by atoms with Crippen molar-refractivity contribution in [2.45, 2.75) is 97.7 Å². The third-order valence-electron chi connectivity index (χ3n) is 8.87. The summed E-state index contributed by atoms with van der Waals surface area (Å²) >= 11 is 0. The van der Waals surface area contributed by atoms with Crippen LogP contribution in [0.2, 0.25) is 0 Å². The van der Waals surface area contributed by atoms with Crippen LogP contribution in [0.15, 0.2) is 18.3 Å². The van der Waals surface area contributed by atoms with Gasteiger partial charge in [-0.05, 0) is 57.1 Å². The van der Waals surface area contributed by atoms with Crippen molar-refractivity contribution >= 4 is 34.3 Å². The maximum Gasteiger partial charge on any atom is 0.243 e. The molecule has 2 aliphatic heterocycles. The monoisotopic (exact) mass is 505 g/mol. The van der Waals surface area contributed by atoms with E-state index in [0.29, 0.717) is 37.3 Å². The molecule has 2 amide bonds. The van der Waals surface area contributed by atoms with Crippen LogP contribution in [0, 0.1) is 18.3 Å². The van der Waals surface area contributed by atoms with Crippen LogP contribution in [-0.4, -0.2) is 51.5 Å². The fourth-order valence-corrected chi connectivity index (χ4v) is 6.84. The van der Waals surface area contributed by atoms with Crippen LogP contribution in [0.3, 0.4) is 0 Å². The predicted octanol–water partition coefficient (Wildman–Crippen LogP) is 4.36. The van der Waals surface area contributed by atoms with Crippen molar-refractivity contribution in [3.63, 3.8) is 0 Å². The summed E-state index contributed by atoms with van der Waals surface area (Å²) in [4.78, 5) is 53.9. The van der Waals surface area contributed by atoms with Gasteiger partial charge in [0.15, 0.2) is 11.6 Å². The second-order valence-electron chi connectivity index (χ2n) is 11.8. The minimum atomic E-state index is -0.443. The van der Waals surface area contributed by atoms with Gasteiger partial charge in [0, 0.05) is 48.0 Å². The SMILES string of the molecule is CCC(=O)[C@@H]1C[C@]23CNC(=O)C[C@H](C)CCCCc4cc(C)cc5c(C(C)=O)cn(c45)CC(=O)N1[C@@H]2C3. The number of nitrogens with one attached hydrogen (secondary N) is 1. The summed E-state index contributed by atoms with van der Waals surface area (Å²) in [7, 11) is 0. The van der Waals surface area contributed by atoms with E-state index in [-0.39, 0.29) is 41.4 Å². The number of carbonyl (C=O) groups is 4. The van der Waals surface area contributed by atoms with Gasteiger partial charge < -0.3 is 14.8 Å². The van der Waals surface area contributed by atoms with E-state index >= 15 is 0 Å². The van der Waals surface area contributed by atoms with Crippen molar-refractivity contribution in [2.24, 2.45) is 11.3 Å². The van der Waals surface area contributed by atoms with Crippen LogP contribution in [0.5, 0.6) is 0 Å². The average molecular weight is 506 g/mol. The van der Waals surface area contributed by atoms with E-state index in [2.05, 4.69) is 18.3 Å². The predicted molar refractivity (Wildman–Crippen MR) is 142 cm³/mol. The molecule has 0 radical (unpaired) electrons. The zero-order valence-electron chi connectivity index (χ0n) is 22.6. The fourth-order valence-electron chi connectivity index (χ4n) is 6.84. The molecule has 1 N–H and O–H groups in total. The summed E-state index contributed by atoms with van der Waals surface area (Å²) in [5.41, 5.74) is 3.64. The highest BCUT2D eigenvalue weighted by molar-refractivity contribution is 6.08. The normalized spacial score (nSPS) is 28.5. The Morgan fingerprint density at radius 3 is 2.68 bits per heavy atom. The Morgan fingerprint density at radius 2 is 1.95 bits per heavy atom. The van der Waals surface area contributed by atoms with E-state index in [9.17, 15) is 19.2 Å². The molecular formula is C30H39N3O4. The zero-order valence-corrected chi connectivity index (χ0v) is 22.6. The molecule has 1 saturated heterocycles. The van der Waals surface area contributed by atoms with Crippen LogP contribution in [-0.2, 0) is 27.3 Å². The van der Waals surface area contributed by atoms with Crippen LogP contribution in [0.1, 0.15) is 87.2 Å². The average Bonchev–Trinajstić information content (AvgIpc) is 3.26. The number of aromatic nitrogens is 1. The molecule has 198 valence electrons. The van der Waals surface area contributed by atoms with Crippen LogP contribution >= 0.6 is 0 Å². The summed E-state index contributed by atoms with van der Waals surface area (Å²) in [6, 6.07) is 3.75. The number of benzene rings is 1. The summed E-state index contributed by atoms with van der Waals surface area (Å²) in [5, 5.41) is 4.03. The van der Waals surface area contributed by atoms with Crippen molar-refractivity contribution in [1.29, 1.82) is 0 Å². The topological polar surface area (TPSA) is 88.5 Å². The molecule has 7 heteroatoms. The third kappa shape index (κ3) is 4.73. The van der Waals surface area contributed by atoms with Crippen molar-refractivity contribution in [2.75, 3.05) is 6.54 Å². The third-order valence-corrected chi connectivity index (χ3v) is 8.87. The van der Waals surface area contributed by atoms with Crippen molar-refractivity contribution < 1.29 is 19.2 Å². The minimum absolute atomic E-state index is 0.0131. The molecule has 3 heterocycles. The van der Waals surface area contributed by atoms with Crippen LogP contribution in [0.25, 0.3) is 10.9 Å². The van der Waals surface area contributed by atoms with Crippen molar-refractivity contribution in [1.82, 2.24) is 14.8 Å². The quantitative estimate of drug-likeness (QED) is 0.628. The summed E-state index contributed by atoms with van der Waals surface area (Å²) in [6.45, 7) is 8.22. The first-order chi connectivity index (χ1) is 17.6. The van der Waals surface area contributed by atoms with Gasteiger partial charge in [0.1, 0.15) is 6.54 Å². The van der Waals surface area contributed by atoms with Gasteiger partial charge in [-0.3, -0.25) is 19.2 Å². The lowest BCUT2D eigenvalue weighted by atomic mass is 9.95. The molecule has 1 aliphatic carbocycles. The van der Waals surface area contributed by atoms with Gasteiger partial charge in [-0.15, -0.1) is 0 Å². The number of aryl methyl sites for hydroxylation is 2. The molecular weight excluding hydrogens is 466 g/mol. The van der Waals surface area contributed by atoms with E-state index in [4.69, 9.17) is 0 Å². The van der Waals surface area contributed by atoms with Gasteiger partial charge in [-0.25, -0.2) is 0 Å². The second kappa shape index (κ2) is 9.73. The van der Waals surface area contributed by atoms with Gasteiger partial charge in [0.05, 0.1) is 11.6 Å². The Hall–Kier alpha value is -2.96. The number of hydrogen-bond acceptors (Lipinski definition) is 4. The molecule has 3 aliphatic rings. The lowest BCUT2D eigenvalue weighted by Crippen LogP contribution is -2.44. The molecule has 5 rings (SSSR count). The lowest BCUT2D eigenvalue weighted by Gasteiger charge is -2.27. The van der Waals surface area contributed by atoms with E-state index in [1.165, 1.54) is 0 Å². The smallest absolute Gasteiger partial charge is 0.243 e. The molecule has 7 nitrogen and oxygen atoms in total. The first kappa shape index (κ1) is 25.7. The van der Waals surface area contributed by atoms with Gasteiger partial charge in [0.25, 0.3) is 0 Å². The minimum Gasteiger partial charge on any atom is -0.355 e. The Kier molecular flexibility index (Phi) is 6.75. The molecule has 2 fully saturated rings. The first-order valence-electron chi connectivity index (χ1n) is 13.9. The Bertz CT molecular complexity index is 1280. The highest BCUT2D eigenvalue weighted by atomic mass is 16.2. The largest absolute Gasteiger partial charge is 0.355 e. The summed E-state index contributed by atoms with van der Waals surface area (Å²) in [5.74, 6) is 0.338. The number of nitrogens with zero attached hydrogens (tertiary/aromatic N) is 2. The highest BCUT2D eigenvalue weighted by Crippen LogP contribution is 2.59. The number of Topliss-reactive ketones (excluding diaryl/α,β-unsaturated/α-hetero) is 2. The van der Waals surface area contributed by atoms with Gasteiger partial charge in [-0.1, -0.05) is 38.3 Å². The number of hydrogen-bond donors (Lipinski definition) is 1. The van der Waals surface area contributed by atoms with Gasteiger partial charge in [-0.2, -0.15) is 0 Å². The van der Waals surface area contributed by atoms with E-state index in [0.717, 1.165) is 54.1 Å². The molecule has 0 spiro atoms. The number of rotatable bonds is 3. The maximum absolute atomic E-state index is 13.9. The summed E-state index contributed by atoms with van der Waals surface area (Å²) < 4.78 is 1.95. The molecule has 1 aromatic carbocycles. The fraction of sp³-hybridized carbons (Fsp3) is 0.600. The van der Waals surface area contributed by atoms with Gasteiger partial charge in [0.2, 0.25) is 11.8 Å². The first-order valence-corrected chi connectivity index (χ1v) is 13.9. The van der Waals surface area contributed by atoms with Crippen LogP contribution < -0.4 is 5.32 Å². The Labute approximate surface area is 218 Å². The Balaban J connectivity index is 1.56. The Morgan fingerprint density at radius 1 is 1.16 bits per heavy atom. The molecule has 2 aromatic rings.